The second kappa shape index (κ2) is 11.8. The zero-order chi connectivity index (χ0) is 25.5. The molecular formula is C27H23ClN2O5S. The molecule has 0 atom stereocenters. The average Bonchev–Trinajstić information content (AvgIpc) is 3.11. The fourth-order valence-corrected chi connectivity index (χ4v) is 4.49. The molecule has 3 aromatic carbocycles. The lowest BCUT2D eigenvalue weighted by Gasteiger charge is -2.13. The van der Waals surface area contributed by atoms with E-state index in [2.05, 4.69) is 5.32 Å². The van der Waals surface area contributed by atoms with Crippen LogP contribution in [0.4, 0.5) is 10.5 Å². The standard InChI is InChI=1S/C27H23ClN2O5S/c1-2-34-23-13-19(11-12-22(23)35-17-25(31)29-21-10-6-9-20(28)15-21)14-24-26(32)30(27(33)36-24)16-18-7-4-3-5-8-18/h3-15H,2,16-17H2,1H3,(H,29,31)/b24-14+. The maximum atomic E-state index is 12.9. The zero-order valence-electron chi connectivity index (χ0n) is 19.4. The maximum absolute atomic E-state index is 12.9. The summed E-state index contributed by atoms with van der Waals surface area (Å²) in [6.07, 6.45) is 1.65. The van der Waals surface area contributed by atoms with Crippen LogP contribution in [-0.4, -0.2) is 35.2 Å². The van der Waals surface area contributed by atoms with Crippen LogP contribution in [0, 0.1) is 0 Å². The number of thioether (sulfide) groups is 1. The molecule has 0 radical (unpaired) electrons. The number of rotatable bonds is 9. The lowest BCUT2D eigenvalue weighted by molar-refractivity contribution is -0.123. The number of halogens is 1. The van der Waals surface area contributed by atoms with E-state index in [-0.39, 0.29) is 30.2 Å². The van der Waals surface area contributed by atoms with Gasteiger partial charge in [0, 0.05) is 10.7 Å². The van der Waals surface area contributed by atoms with Gasteiger partial charge in [0.15, 0.2) is 18.1 Å². The predicted octanol–water partition coefficient (Wildman–Crippen LogP) is 5.99. The third kappa shape index (κ3) is 6.47. The van der Waals surface area contributed by atoms with Crippen molar-refractivity contribution in [3.8, 4) is 11.5 Å². The lowest BCUT2D eigenvalue weighted by Crippen LogP contribution is -2.27. The molecule has 0 bridgehead atoms. The van der Waals surface area contributed by atoms with E-state index >= 15 is 0 Å². The third-order valence-electron chi connectivity index (χ3n) is 5.09. The minimum Gasteiger partial charge on any atom is -0.490 e. The monoisotopic (exact) mass is 522 g/mol. The summed E-state index contributed by atoms with van der Waals surface area (Å²) >= 11 is 6.85. The Labute approximate surface area is 218 Å². The Hall–Kier alpha value is -3.75. The predicted molar refractivity (Wildman–Crippen MR) is 141 cm³/mol. The van der Waals surface area contributed by atoms with Gasteiger partial charge in [0.2, 0.25) is 0 Å². The van der Waals surface area contributed by atoms with Crippen LogP contribution < -0.4 is 14.8 Å². The van der Waals surface area contributed by atoms with Gasteiger partial charge in [-0.3, -0.25) is 19.3 Å². The summed E-state index contributed by atoms with van der Waals surface area (Å²) in [5.74, 6) is 0.110. The Morgan fingerprint density at radius 3 is 2.56 bits per heavy atom. The molecule has 1 aliphatic rings. The number of nitrogens with zero attached hydrogens (tertiary/aromatic N) is 1. The van der Waals surface area contributed by atoms with Crippen molar-refractivity contribution in [3.63, 3.8) is 0 Å². The Kier molecular flexibility index (Phi) is 8.30. The van der Waals surface area contributed by atoms with Crippen molar-refractivity contribution in [3.05, 3.63) is 93.9 Å². The zero-order valence-corrected chi connectivity index (χ0v) is 21.0. The highest BCUT2D eigenvalue weighted by Crippen LogP contribution is 2.35. The molecule has 0 saturated carbocycles. The third-order valence-corrected chi connectivity index (χ3v) is 6.23. The molecule has 7 nitrogen and oxygen atoms in total. The van der Waals surface area contributed by atoms with Gasteiger partial charge < -0.3 is 14.8 Å². The molecule has 1 saturated heterocycles. The molecule has 1 heterocycles. The summed E-state index contributed by atoms with van der Waals surface area (Å²) in [4.78, 5) is 39.1. The van der Waals surface area contributed by atoms with Crippen molar-refractivity contribution in [1.82, 2.24) is 4.90 Å². The van der Waals surface area contributed by atoms with E-state index in [1.165, 1.54) is 4.90 Å². The van der Waals surface area contributed by atoms with E-state index in [4.69, 9.17) is 21.1 Å². The number of nitrogens with one attached hydrogen (secondary N) is 1. The molecule has 4 rings (SSSR count). The fourth-order valence-electron chi connectivity index (χ4n) is 3.46. The number of amides is 3. The van der Waals surface area contributed by atoms with Crippen LogP contribution in [0.3, 0.4) is 0 Å². The van der Waals surface area contributed by atoms with Crippen molar-refractivity contribution in [1.29, 1.82) is 0 Å². The van der Waals surface area contributed by atoms with E-state index in [1.54, 1.807) is 48.5 Å². The molecular weight excluding hydrogens is 500 g/mol. The van der Waals surface area contributed by atoms with Gasteiger partial charge in [-0.2, -0.15) is 0 Å². The molecule has 1 fully saturated rings. The summed E-state index contributed by atoms with van der Waals surface area (Å²) in [6, 6.07) is 21.3. The first-order valence-electron chi connectivity index (χ1n) is 11.2. The summed E-state index contributed by atoms with van der Waals surface area (Å²) in [6.45, 7) is 2.20. The van der Waals surface area contributed by atoms with Gasteiger partial charge in [-0.15, -0.1) is 0 Å². The highest BCUT2D eigenvalue weighted by molar-refractivity contribution is 8.18. The van der Waals surface area contributed by atoms with Crippen LogP contribution in [0.25, 0.3) is 6.08 Å². The van der Waals surface area contributed by atoms with Crippen molar-refractivity contribution in [2.45, 2.75) is 13.5 Å². The molecule has 0 spiro atoms. The molecule has 0 unspecified atom stereocenters. The molecule has 9 heteroatoms. The van der Waals surface area contributed by atoms with Gasteiger partial charge >= 0.3 is 0 Å². The summed E-state index contributed by atoms with van der Waals surface area (Å²) in [5, 5.41) is 2.92. The highest BCUT2D eigenvalue weighted by atomic mass is 35.5. The Morgan fingerprint density at radius 2 is 1.81 bits per heavy atom. The Balaban J connectivity index is 1.44. The van der Waals surface area contributed by atoms with Crippen LogP contribution in [-0.2, 0) is 16.1 Å². The number of anilines is 1. The molecule has 0 aromatic heterocycles. The van der Waals surface area contributed by atoms with Gasteiger partial charge in [0.05, 0.1) is 18.1 Å². The molecule has 1 aliphatic heterocycles. The number of hydrogen-bond acceptors (Lipinski definition) is 6. The van der Waals surface area contributed by atoms with Crippen molar-refractivity contribution >= 4 is 52.2 Å². The molecule has 3 amide bonds. The van der Waals surface area contributed by atoms with Gasteiger partial charge in [0.1, 0.15) is 0 Å². The fraction of sp³-hybridized carbons (Fsp3) is 0.148. The number of hydrogen-bond donors (Lipinski definition) is 1. The first kappa shape index (κ1) is 25.3. The topological polar surface area (TPSA) is 84.9 Å². The molecule has 36 heavy (non-hydrogen) atoms. The van der Waals surface area contributed by atoms with Crippen molar-refractivity contribution in [2.75, 3.05) is 18.5 Å². The number of carbonyl (C=O) groups excluding carboxylic acids is 3. The summed E-state index contributed by atoms with van der Waals surface area (Å²) in [5.41, 5.74) is 2.11. The second-order valence-corrected chi connectivity index (χ2v) is 9.17. The van der Waals surface area contributed by atoms with E-state index in [0.29, 0.717) is 39.3 Å². The molecule has 3 aromatic rings. The van der Waals surface area contributed by atoms with Gasteiger partial charge in [0.25, 0.3) is 17.1 Å². The number of benzene rings is 3. The van der Waals surface area contributed by atoms with Gasteiger partial charge in [-0.25, -0.2) is 0 Å². The first-order chi connectivity index (χ1) is 17.4. The van der Waals surface area contributed by atoms with Crippen molar-refractivity contribution < 1.29 is 23.9 Å². The number of carbonyl (C=O) groups is 3. The first-order valence-corrected chi connectivity index (χ1v) is 12.4. The Bertz CT molecular complexity index is 1310. The van der Waals surface area contributed by atoms with Crippen LogP contribution in [0.15, 0.2) is 77.7 Å². The minimum absolute atomic E-state index is 0.219. The van der Waals surface area contributed by atoms with Gasteiger partial charge in [-0.05, 0) is 66.2 Å². The molecule has 184 valence electrons. The average molecular weight is 523 g/mol. The van der Waals surface area contributed by atoms with E-state index in [0.717, 1.165) is 17.3 Å². The van der Waals surface area contributed by atoms with Crippen LogP contribution in [0.2, 0.25) is 5.02 Å². The maximum Gasteiger partial charge on any atom is 0.293 e. The SMILES string of the molecule is CCOc1cc(/C=C2/SC(=O)N(Cc3ccccc3)C2=O)ccc1OCC(=O)Nc1cccc(Cl)c1. The number of ether oxygens (including phenoxy) is 2. The molecule has 1 N–H and O–H groups in total. The smallest absolute Gasteiger partial charge is 0.293 e. The summed E-state index contributed by atoms with van der Waals surface area (Å²) in [7, 11) is 0. The number of imide groups is 1. The second-order valence-electron chi connectivity index (χ2n) is 7.74. The lowest BCUT2D eigenvalue weighted by atomic mass is 10.1. The van der Waals surface area contributed by atoms with E-state index in [9.17, 15) is 14.4 Å². The summed E-state index contributed by atoms with van der Waals surface area (Å²) < 4.78 is 11.4. The van der Waals surface area contributed by atoms with Crippen LogP contribution in [0.5, 0.6) is 11.5 Å². The molecule has 0 aliphatic carbocycles. The van der Waals surface area contributed by atoms with Gasteiger partial charge in [-0.1, -0.05) is 54.1 Å². The van der Waals surface area contributed by atoms with Crippen molar-refractivity contribution in [2.24, 2.45) is 0 Å². The van der Waals surface area contributed by atoms with E-state index < -0.39 is 0 Å². The van der Waals surface area contributed by atoms with E-state index in [1.807, 2.05) is 37.3 Å². The largest absolute Gasteiger partial charge is 0.490 e. The normalized spacial score (nSPS) is 14.3. The van der Waals surface area contributed by atoms with Crippen LogP contribution in [0.1, 0.15) is 18.1 Å². The van der Waals surface area contributed by atoms with Crippen LogP contribution >= 0.6 is 23.4 Å². The highest BCUT2D eigenvalue weighted by Gasteiger charge is 2.35. The minimum atomic E-state index is -0.351. The Morgan fingerprint density at radius 1 is 1.00 bits per heavy atom. The quantitative estimate of drug-likeness (QED) is 0.347.